The highest BCUT2D eigenvalue weighted by atomic mass is 32.2. The third kappa shape index (κ3) is 3.24. The number of benzene rings is 1. The Morgan fingerprint density at radius 2 is 1.96 bits per heavy atom. The van der Waals surface area contributed by atoms with Gasteiger partial charge in [0.2, 0.25) is 5.16 Å². The molecule has 0 saturated carbocycles. The van der Waals surface area contributed by atoms with E-state index in [0.717, 1.165) is 17.0 Å². The maximum absolute atomic E-state index is 10.9. The number of aromatic nitrogens is 5. The normalized spacial score (nSPS) is 10.9. The van der Waals surface area contributed by atoms with Crippen molar-refractivity contribution >= 4 is 23.1 Å². The van der Waals surface area contributed by atoms with E-state index < -0.39 is 4.92 Å². The first-order chi connectivity index (χ1) is 12.7. The van der Waals surface area contributed by atoms with Crippen LogP contribution >= 0.6 is 11.8 Å². The maximum Gasteiger partial charge on any atom is 0.269 e. The summed E-state index contributed by atoms with van der Waals surface area (Å²) < 4.78 is 1.66. The average Bonchev–Trinajstić information content (AvgIpc) is 3.09. The second kappa shape index (κ2) is 6.89. The van der Waals surface area contributed by atoms with Crippen LogP contribution in [-0.4, -0.2) is 29.7 Å². The molecule has 0 radical (unpaired) electrons. The Hall–Kier alpha value is -3.33. The molecular formula is C17H12N6O2S. The summed E-state index contributed by atoms with van der Waals surface area (Å²) in [6.45, 7) is 0. The zero-order valence-electron chi connectivity index (χ0n) is 13.4. The van der Waals surface area contributed by atoms with Gasteiger partial charge < -0.3 is 0 Å². The summed E-state index contributed by atoms with van der Waals surface area (Å²) in [7, 11) is 0. The molecule has 8 nitrogen and oxygen atoms in total. The van der Waals surface area contributed by atoms with Crippen LogP contribution in [0, 0.1) is 10.1 Å². The molecule has 0 spiro atoms. The van der Waals surface area contributed by atoms with Gasteiger partial charge in [-0.25, -0.2) is 0 Å². The van der Waals surface area contributed by atoms with Gasteiger partial charge in [0, 0.05) is 24.1 Å². The maximum atomic E-state index is 10.9. The lowest BCUT2D eigenvalue weighted by Crippen LogP contribution is -1.97. The van der Waals surface area contributed by atoms with Crippen LogP contribution < -0.4 is 0 Å². The van der Waals surface area contributed by atoms with Crippen LogP contribution in [0.15, 0.2) is 66.0 Å². The highest BCUT2D eigenvalue weighted by molar-refractivity contribution is 7.98. The van der Waals surface area contributed by atoms with Crippen LogP contribution in [0.4, 0.5) is 5.69 Å². The van der Waals surface area contributed by atoms with E-state index >= 15 is 0 Å². The Balaban J connectivity index is 1.61. The minimum absolute atomic E-state index is 0.0739. The molecule has 0 bridgehead atoms. The summed E-state index contributed by atoms with van der Waals surface area (Å²) in [5, 5.41) is 24.3. The quantitative estimate of drug-likeness (QED) is 0.304. The van der Waals surface area contributed by atoms with Crippen LogP contribution in [0.25, 0.3) is 17.0 Å². The molecule has 0 aliphatic carbocycles. The lowest BCUT2D eigenvalue weighted by atomic mass is 10.2. The summed E-state index contributed by atoms with van der Waals surface area (Å²) in [6, 6.07) is 15.9. The van der Waals surface area contributed by atoms with Crippen LogP contribution in [0.3, 0.4) is 0 Å². The monoisotopic (exact) mass is 364 g/mol. The second-order valence-electron chi connectivity index (χ2n) is 5.40. The van der Waals surface area contributed by atoms with Crippen molar-refractivity contribution in [2.45, 2.75) is 10.9 Å². The molecule has 0 saturated heterocycles. The van der Waals surface area contributed by atoms with E-state index in [1.54, 1.807) is 22.8 Å². The van der Waals surface area contributed by atoms with Gasteiger partial charge >= 0.3 is 0 Å². The predicted molar refractivity (Wildman–Crippen MR) is 96.7 cm³/mol. The molecule has 4 rings (SSSR count). The smallest absolute Gasteiger partial charge is 0.258 e. The van der Waals surface area contributed by atoms with Gasteiger partial charge in [-0.3, -0.25) is 15.1 Å². The molecule has 3 heterocycles. The lowest BCUT2D eigenvalue weighted by Gasteiger charge is -2.03. The number of nitro benzene ring substituents is 1. The fourth-order valence-electron chi connectivity index (χ4n) is 2.42. The average molecular weight is 364 g/mol. The molecule has 0 amide bonds. The predicted octanol–water partition coefficient (Wildman–Crippen LogP) is 3.39. The van der Waals surface area contributed by atoms with Crippen molar-refractivity contribution in [3.05, 3.63) is 76.5 Å². The van der Waals surface area contributed by atoms with Crippen LogP contribution in [0.5, 0.6) is 0 Å². The summed E-state index contributed by atoms with van der Waals surface area (Å²) in [5.41, 5.74) is 3.02. The largest absolute Gasteiger partial charge is 0.269 e. The molecule has 128 valence electrons. The van der Waals surface area contributed by atoms with E-state index in [1.807, 2.05) is 36.4 Å². The number of nitro groups is 1. The van der Waals surface area contributed by atoms with Gasteiger partial charge in [-0.15, -0.1) is 10.2 Å². The third-order valence-electron chi connectivity index (χ3n) is 3.65. The first kappa shape index (κ1) is 16.2. The first-order valence-electron chi connectivity index (χ1n) is 7.71. The fourth-order valence-corrected chi connectivity index (χ4v) is 3.25. The highest BCUT2D eigenvalue weighted by Gasteiger charge is 2.11. The molecule has 0 atom stereocenters. The van der Waals surface area contributed by atoms with Crippen molar-refractivity contribution in [1.29, 1.82) is 0 Å². The Bertz CT molecular complexity index is 1080. The van der Waals surface area contributed by atoms with E-state index in [1.165, 1.54) is 17.8 Å². The molecule has 4 aromatic rings. The SMILES string of the molecule is O=[N+]([O-])c1cccc(CSc2nnc3ccc(-c4ccccn4)nn23)c1. The minimum Gasteiger partial charge on any atom is -0.258 e. The Morgan fingerprint density at radius 1 is 1.04 bits per heavy atom. The van der Waals surface area contributed by atoms with Crippen LogP contribution in [0.1, 0.15) is 5.56 Å². The van der Waals surface area contributed by atoms with Gasteiger partial charge in [-0.05, 0) is 29.8 Å². The summed E-state index contributed by atoms with van der Waals surface area (Å²) in [6.07, 6.45) is 1.71. The Labute approximate surface area is 152 Å². The number of nitrogens with zero attached hydrogens (tertiary/aromatic N) is 6. The van der Waals surface area contributed by atoms with Crippen LogP contribution in [0.2, 0.25) is 0 Å². The molecule has 0 unspecified atom stereocenters. The number of hydrogen-bond acceptors (Lipinski definition) is 7. The molecule has 0 N–H and O–H groups in total. The molecule has 3 aromatic heterocycles. The first-order valence-corrected chi connectivity index (χ1v) is 8.69. The van der Waals surface area contributed by atoms with Gasteiger partial charge in [0.1, 0.15) is 5.69 Å². The van der Waals surface area contributed by atoms with E-state index in [4.69, 9.17) is 0 Å². The summed E-state index contributed by atoms with van der Waals surface area (Å²) in [4.78, 5) is 14.8. The van der Waals surface area contributed by atoms with Crippen molar-refractivity contribution in [2.75, 3.05) is 0 Å². The summed E-state index contributed by atoms with van der Waals surface area (Å²) in [5.74, 6) is 0.526. The highest BCUT2D eigenvalue weighted by Crippen LogP contribution is 2.24. The van der Waals surface area contributed by atoms with Gasteiger partial charge in [0.15, 0.2) is 5.65 Å². The zero-order valence-corrected chi connectivity index (χ0v) is 14.2. The lowest BCUT2D eigenvalue weighted by molar-refractivity contribution is -0.384. The number of non-ortho nitro benzene ring substituents is 1. The van der Waals surface area contributed by atoms with Gasteiger partial charge in [-0.1, -0.05) is 30.0 Å². The fraction of sp³-hybridized carbons (Fsp3) is 0.0588. The molecule has 26 heavy (non-hydrogen) atoms. The molecular weight excluding hydrogens is 352 g/mol. The minimum atomic E-state index is -0.401. The van der Waals surface area contributed by atoms with Crippen molar-refractivity contribution < 1.29 is 4.92 Å². The number of rotatable bonds is 5. The zero-order chi connectivity index (χ0) is 17.9. The van der Waals surface area contributed by atoms with E-state index in [9.17, 15) is 10.1 Å². The van der Waals surface area contributed by atoms with Crippen LogP contribution in [-0.2, 0) is 5.75 Å². The molecule has 9 heteroatoms. The standard InChI is InChI=1S/C17H12N6O2S/c24-23(25)13-5-3-4-12(10-13)11-26-17-20-19-16-8-7-15(21-22(16)17)14-6-1-2-9-18-14/h1-10H,11H2. The number of hydrogen-bond donors (Lipinski definition) is 0. The number of fused-ring (bicyclic) bond motifs is 1. The van der Waals surface area contributed by atoms with Gasteiger partial charge in [-0.2, -0.15) is 9.61 Å². The topological polar surface area (TPSA) is 99.1 Å². The third-order valence-corrected chi connectivity index (χ3v) is 4.64. The molecule has 1 aromatic carbocycles. The second-order valence-corrected chi connectivity index (χ2v) is 6.34. The summed E-state index contributed by atoms with van der Waals surface area (Å²) >= 11 is 1.42. The molecule has 0 aliphatic heterocycles. The van der Waals surface area contributed by atoms with Crippen molar-refractivity contribution in [3.8, 4) is 11.4 Å². The van der Waals surface area contributed by atoms with E-state index in [0.29, 0.717) is 16.6 Å². The van der Waals surface area contributed by atoms with Crippen molar-refractivity contribution in [1.82, 2.24) is 24.8 Å². The van der Waals surface area contributed by atoms with E-state index in [-0.39, 0.29) is 5.69 Å². The Kier molecular flexibility index (Phi) is 4.28. The van der Waals surface area contributed by atoms with Gasteiger partial charge in [0.25, 0.3) is 5.69 Å². The number of pyridine rings is 1. The van der Waals surface area contributed by atoms with Crippen molar-refractivity contribution in [2.24, 2.45) is 0 Å². The van der Waals surface area contributed by atoms with Crippen molar-refractivity contribution in [3.63, 3.8) is 0 Å². The Morgan fingerprint density at radius 3 is 2.77 bits per heavy atom. The molecule has 0 fully saturated rings. The van der Waals surface area contributed by atoms with E-state index in [2.05, 4.69) is 20.3 Å². The van der Waals surface area contributed by atoms with Gasteiger partial charge in [0.05, 0.1) is 10.6 Å². The molecule has 0 aliphatic rings. The number of thioether (sulfide) groups is 1.